The molecule has 0 aromatic heterocycles. The van der Waals surface area contributed by atoms with E-state index in [2.05, 4.69) is 4.74 Å². The van der Waals surface area contributed by atoms with E-state index in [1.807, 2.05) is 0 Å². The Kier molecular flexibility index (Phi) is 4.67. The van der Waals surface area contributed by atoms with E-state index in [1.165, 1.54) is 11.8 Å². The summed E-state index contributed by atoms with van der Waals surface area (Å²) in [4.78, 5) is 23.1. The molecule has 1 heterocycles. The van der Waals surface area contributed by atoms with Crippen molar-refractivity contribution in [3.8, 4) is 0 Å². The number of carbonyl (C=O) groups excluding carboxylic acids is 2. The van der Waals surface area contributed by atoms with E-state index in [4.69, 9.17) is 0 Å². The SMILES string of the molecule is CCOC(=O)C1CSCCN1C(=O)C(F)(F)F. The van der Waals surface area contributed by atoms with Gasteiger partial charge in [0.25, 0.3) is 0 Å². The van der Waals surface area contributed by atoms with Gasteiger partial charge in [0.2, 0.25) is 0 Å². The second kappa shape index (κ2) is 5.61. The lowest BCUT2D eigenvalue weighted by atomic mass is 10.2. The molecule has 17 heavy (non-hydrogen) atoms. The molecule has 1 atom stereocenters. The first-order chi connectivity index (χ1) is 7.88. The topological polar surface area (TPSA) is 46.6 Å². The van der Waals surface area contributed by atoms with Crippen molar-refractivity contribution in [2.75, 3.05) is 24.7 Å². The molecule has 1 aliphatic rings. The molecular weight excluding hydrogens is 259 g/mol. The Morgan fingerprint density at radius 3 is 2.65 bits per heavy atom. The zero-order valence-electron chi connectivity index (χ0n) is 9.12. The third-order valence-corrected chi connectivity index (χ3v) is 3.21. The molecule has 1 fully saturated rings. The Hall–Kier alpha value is -0.920. The molecule has 0 spiro atoms. The van der Waals surface area contributed by atoms with Crippen LogP contribution in [0.2, 0.25) is 0 Å². The molecule has 0 aliphatic carbocycles. The van der Waals surface area contributed by atoms with E-state index in [1.54, 1.807) is 6.92 Å². The summed E-state index contributed by atoms with van der Waals surface area (Å²) in [6.45, 7) is 1.55. The van der Waals surface area contributed by atoms with Crippen molar-refractivity contribution in [2.45, 2.75) is 19.1 Å². The van der Waals surface area contributed by atoms with Gasteiger partial charge >= 0.3 is 18.1 Å². The van der Waals surface area contributed by atoms with Gasteiger partial charge in [-0.05, 0) is 6.92 Å². The first-order valence-electron chi connectivity index (χ1n) is 5.00. The first-order valence-corrected chi connectivity index (χ1v) is 6.15. The molecule has 0 saturated carbocycles. The van der Waals surface area contributed by atoms with E-state index in [0.29, 0.717) is 10.7 Å². The highest BCUT2D eigenvalue weighted by Crippen LogP contribution is 2.25. The zero-order valence-corrected chi connectivity index (χ0v) is 9.94. The monoisotopic (exact) mass is 271 g/mol. The summed E-state index contributed by atoms with van der Waals surface area (Å²) in [6, 6.07) is -1.14. The van der Waals surface area contributed by atoms with Crippen molar-refractivity contribution in [3.63, 3.8) is 0 Å². The van der Waals surface area contributed by atoms with E-state index in [9.17, 15) is 22.8 Å². The number of alkyl halides is 3. The number of halogens is 3. The highest BCUT2D eigenvalue weighted by Gasteiger charge is 2.47. The number of hydrogen-bond donors (Lipinski definition) is 0. The number of ether oxygens (including phenoxy) is 1. The molecule has 1 amide bonds. The minimum Gasteiger partial charge on any atom is -0.464 e. The Labute approximate surface area is 100 Å². The van der Waals surface area contributed by atoms with Crippen LogP contribution < -0.4 is 0 Å². The Bertz CT molecular complexity index is 308. The molecular formula is C9H12F3NO3S. The van der Waals surface area contributed by atoms with E-state index in [-0.39, 0.29) is 18.9 Å². The zero-order chi connectivity index (χ0) is 13.1. The van der Waals surface area contributed by atoms with Crippen LogP contribution in [0.1, 0.15) is 6.92 Å². The first kappa shape index (κ1) is 14.1. The molecule has 98 valence electrons. The van der Waals surface area contributed by atoms with Crippen molar-refractivity contribution < 1.29 is 27.5 Å². The number of rotatable bonds is 2. The van der Waals surface area contributed by atoms with Crippen LogP contribution in [0.25, 0.3) is 0 Å². The average Bonchev–Trinajstić information content (AvgIpc) is 2.27. The molecule has 0 N–H and O–H groups in total. The highest BCUT2D eigenvalue weighted by atomic mass is 32.2. The molecule has 1 saturated heterocycles. The van der Waals surface area contributed by atoms with Crippen LogP contribution in [-0.2, 0) is 14.3 Å². The molecule has 1 unspecified atom stereocenters. The average molecular weight is 271 g/mol. The molecule has 1 aliphatic heterocycles. The third-order valence-electron chi connectivity index (χ3n) is 2.19. The van der Waals surface area contributed by atoms with Gasteiger partial charge in [0.1, 0.15) is 6.04 Å². The maximum Gasteiger partial charge on any atom is 0.471 e. The van der Waals surface area contributed by atoms with Crippen molar-refractivity contribution >= 4 is 23.6 Å². The van der Waals surface area contributed by atoms with E-state index in [0.717, 1.165) is 0 Å². The molecule has 0 aromatic rings. The fraction of sp³-hybridized carbons (Fsp3) is 0.778. The predicted molar refractivity (Wildman–Crippen MR) is 55.5 cm³/mol. The van der Waals surface area contributed by atoms with Crippen LogP contribution in [0.3, 0.4) is 0 Å². The fourth-order valence-corrected chi connectivity index (χ4v) is 2.48. The lowest BCUT2D eigenvalue weighted by Gasteiger charge is -2.33. The number of thioether (sulfide) groups is 1. The van der Waals surface area contributed by atoms with Gasteiger partial charge in [-0.15, -0.1) is 0 Å². The second-order valence-corrected chi connectivity index (χ2v) is 4.49. The Morgan fingerprint density at radius 1 is 1.47 bits per heavy atom. The maximum absolute atomic E-state index is 12.3. The third kappa shape index (κ3) is 3.52. The van der Waals surface area contributed by atoms with Crippen LogP contribution in [0, 0.1) is 0 Å². The number of amides is 1. The molecule has 1 rings (SSSR count). The maximum atomic E-state index is 12.3. The minimum absolute atomic E-state index is 0.0774. The summed E-state index contributed by atoms with van der Waals surface area (Å²) in [5, 5.41) is 0. The standard InChI is InChI=1S/C9H12F3NO3S/c1-2-16-7(14)6-5-17-4-3-13(6)8(15)9(10,11)12/h6H,2-5H2,1H3. The van der Waals surface area contributed by atoms with Gasteiger partial charge < -0.3 is 9.64 Å². The quantitative estimate of drug-likeness (QED) is 0.704. The molecule has 0 bridgehead atoms. The number of hydrogen-bond acceptors (Lipinski definition) is 4. The summed E-state index contributed by atoms with van der Waals surface area (Å²) < 4.78 is 41.6. The Morgan fingerprint density at radius 2 is 2.12 bits per heavy atom. The lowest BCUT2D eigenvalue weighted by Crippen LogP contribution is -2.54. The van der Waals surface area contributed by atoms with Crippen LogP contribution in [0.5, 0.6) is 0 Å². The summed E-state index contributed by atoms with van der Waals surface area (Å²) in [5.41, 5.74) is 0. The molecule has 0 aromatic carbocycles. The molecule has 0 radical (unpaired) electrons. The van der Waals surface area contributed by atoms with Crippen LogP contribution >= 0.6 is 11.8 Å². The minimum atomic E-state index is -4.95. The lowest BCUT2D eigenvalue weighted by molar-refractivity contribution is -0.189. The summed E-state index contributed by atoms with van der Waals surface area (Å²) in [5.74, 6) is -2.23. The summed E-state index contributed by atoms with van der Waals surface area (Å²) in [6.07, 6.45) is -4.95. The number of esters is 1. The van der Waals surface area contributed by atoms with Gasteiger partial charge in [0, 0.05) is 18.1 Å². The van der Waals surface area contributed by atoms with Crippen molar-refractivity contribution in [2.24, 2.45) is 0 Å². The van der Waals surface area contributed by atoms with Crippen LogP contribution in [0.4, 0.5) is 13.2 Å². The number of nitrogens with zero attached hydrogens (tertiary/aromatic N) is 1. The van der Waals surface area contributed by atoms with Crippen molar-refractivity contribution in [1.82, 2.24) is 4.90 Å². The van der Waals surface area contributed by atoms with Gasteiger partial charge in [-0.25, -0.2) is 4.79 Å². The normalized spacial score (nSPS) is 21.2. The van der Waals surface area contributed by atoms with Gasteiger partial charge in [-0.3, -0.25) is 4.79 Å². The van der Waals surface area contributed by atoms with Crippen molar-refractivity contribution in [3.05, 3.63) is 0 Å². The second-order valence-electron chi connectivity index (χ2n) is 3.34. The van der Waals surface area contributed by atoms with E-state index >= 15 is 0 Å². The van der Waals surface area contributed by atoms with Crippen LogP contribution in [0.15, 0.2) is 0 Å². The Balaban J connectivity index is 2.79. The summed E-state index contributed by atoms with van der Waals surface area (Å²) in [7, 11) is 0. The summed E-state index contributed by atoms with van der Waals surface area (Å²) >= 11 is 1.33. The number of carbonyl (C=O) groups is 2. The van der Waals surface area contributed by atoms with E-state index < -0.39 is 24.1 Å². The molecule has 8 heteroatoms. The predicted octanol–water partition coefficient (Wildman–Crippen LogP) is 1.06. The van der Waals surface area contributed by atoms with Gasteiger partial charge in [0.05, 0.1) is 6.61 Å². The van der Waals surface area contributed by atoms with Crippen LogP contribution in [-0.4, -0.2) is 53.7 Å². The highest BCUT2D eigenvalue weighted by molar-refractivity contribution is 7.99. The van der Waals surface area contributed by atoms with Crippen molar-refractivity contribution in [1.29, 1.82) is 0 Å². The molecule has 4 nitrogen and oxygen atoms in total. The van der Waals surface area contributed by atoms with Gasteiger partial charge in [-0.1, -0.05) is 0 Å². The van der Waals surface area contributed by atoms with Gasteiger partial charge in [-0.2, -0.15) is 24.9 Å². The fourth-order valence-electron chi connectivity index (χ4n) is 1.44. The van der Waals surface area contributed by atoms with Gasteiger partial charge in [0.15, 0.2) is 0 Å². The largest absolute Gasteiger partial charge is 0.471 e. The smallest absolute Gasteiger partial charge is 0.464 e.